The van der Waals surface area contributed by atoms with E-state index in [1.807, 2.05) is 0 Å². The molecule has 4 nitrogen and oxygen atoms in total. The smallest absolute Gasteiger partial charge is 0.315 e. The molecule has 92 valence electrons. The summed E-state index contributed by atoms with van der Waals surface area (Å²) in [5.41, 5.74) is 0.739. The number of carbonyl (C=O) groups excluding carboxylic acids is 1. The van der Waals surface area contributed by atoms with Crippen molar-refractivity contribution in [3.63, 3.8) is 0 Å². The Morgan fingerprint density at radius 2 is 1.94 bits per heavy atom. The average molecular weight is 243 g/mol. The molecule has 0 aliphatic heterocycles. The van der Waals surface area contributed by atoms with Crippen LogP contribution in [0.2, 0.25) is 0 Å². The molecule has 0 saturated heterocycles. The standard InChI is InChI=1S/C11H11F2NO3/c12-10(13)11(17)14-8-4-2-1-3-7(8)5-6-9(15)16/h1-4,10H,5-6H2,(H,14,17)(H,15,16). The minimum Gasteiger partial charge on any atom is -0.481 e. The van der Waals surface area contributed by atoms with E-state index >= 15 is 0 Å². The number of anilines is 1. The van der Waals surface area contributed by atoms with E-state index in [9.17, 15) is 18.4 Å². The van der Waals surface area contributed by atoms with E-state index in [1.165, 1.54) is 6.07 Å². The molecule has 0 unspecified atom stereocenters. The maximum absolute atomic E-state index is 12.1. The van der Waals surface area contributed by atoms with Gasteiger partial charge >= 0.3 is 12.4 Å². The summed E-state index contributed by atoms with van der Waals surface area (Å²) in [4.78, 5) is 21.2. The summed E-state index contributed by atoms with van der Waals surface area (Å²) in [5.74, 6) is -2.38. The molecule has 0 atom stereocenters. The Balaban J connectivity index is 2.77. The SMILES string of the molecule is O=C(O)CCc1ccccc1NC(=O)C(F)F. The molecular weight excluding hydrogens is 232 g/mol. The van der Waals surface area contributed by atoms with Crippen molar-refractivity contribution in [3.8, 4) is 0 Å². The van der Waals surface area contributed by atoms with E-state index in [1.54, 1.807) is 18.2 Å². The topological polar surface area (TPSA) is 66.4 Å². The van der Waals surface area contributed by atoms with Crippen LogP contribution in [0.25, 0.3) is 0 Å². The third-order valence-corrected chi connectivity index (χ3v) is 2.08. The molecule has 1 aromatic carbocycles. The Morgan fingerprint density at radius 1 is 1.29 bits per heavy atom. The quantitative estimate of drug-likeness (QED) is 0.830. The lowest BCUT2D eigenvalue weighted by Gasteiger charge is -2.09. The van der Waals surface area contributed by atoms with E-state index in [0.29, 0.717) is 5.56 Å². The Bertz CT molecular complexity index is 421. The van der Waals surface area contributed by atoms with Crippen LogP contribution in [0.5, 0.6) is 0 Å². The Hall–Kier alpha value is -1.98. The van der Waals surface area contributed by atoms with Gasteiger partial charge < -0.3 is 10.4 Å². The van der Waals surface area contributed by atoms with E-state index in [4.69, 9.17) is 5.11 Å². The van der Waals surface area contributed by atoms with Crippen LogP contribution in [-0.2, 0) is 16.0 Å². The monoisotopic (exact) mass is 243 g/mol. The molecule has 0 heterocycles. The predicted molar refractivity (Wildman–Crippen MR) is 57.0 cm³/mol. The van der Waals surface area contributed by atoms with Gasteiger partial charge in [0.15, 0.2) is 0 Å². The van der Waals surface area contributed by atoms with E-state index in [-0.39, 0.29) is 18.5 Å². The third-order valence-electron chi connectivity index (χ3n) is 2.08. The number of hydrogen-bond donors (Lipinski definition) is 2. The summed E-state index contributed by atoms with van der Waals surface area (Å²) in [6.07, 6.45) is -3.04. The highest BCUT2D eigenvalue weighted by atomic mass is 19.3. The Kier molecular flexibility index (Phi) is 4.56. The molecule has 0 fully saturated rings. The number of alkyl halides is 2. The number of hydrogen-bond acceptors (Lipinski definition) is 2. The van der Waals surface area contributed by atoms with E-state index in [0.717, 1.165) is 0 Å². The summed E-state index contributed by atoms with van der Waals surface area (Å²) in [6.45, 7) is 0. The summed E-state index contributed by atoms with van der Waals surface area (Å²) in [5, 5.41) is 10.6. The number of carbonyl (C=O) groups is 2. The highest BCUT2D eigenvalue weighted by Gasteiger charge is 2.16. The predicted octanol–water partition coefficient (Wildman–Crippen LogP) is 1.91. The first-order valence-electron chi connectivity index (χ1n) is 4.89. The van der Waals surface area contributed by atoms with Gasteiger partial charge in [0.05, 0.1) is 0 Å². The molecular formula is C11H11F2NO3. The van der Waals surface area contributed by atoms with Crippen LogP contribution < -0.4 is 5.32 Å². The van der Waals surface area contributed by atoms with Gasteiger partial charge in [0.1, 0.15) is 0 Å². The molecule has 0 aliphatic rings. The molecule has 1 aromatic rings. The molecule has 1 amide bonds. The van der Waals surface area contributed by atoms with Gasteiger partial charge in [0.25, 0.3) is 5.91 Å². The van der Waals surface area contributed by atoms with Gasteiger partial charge in [-0.3, -0.25) is 9.59 Å². The number of aryl methyl sites for hydroxylation is 1. The van der Waals surface area contributed by atoms with Gasteiger partial charge in [-0.15, -0.1) is 0 Å². The molecule has 6 heteroatoms. The normalized spacial score (nSPS) is 10.3. The number of aliphatic carboxylic acids is 1. The fourth-order valence-electron chi connectivity index (χ4n) is 1.29. The van der Waals surface area contributed by atoms with Crippen molar-refractivity contribution in [2.45, 2.75) is 19.3 Å². The molecule has 1 rings (SSSR count). The zero-order valence-electron chi connectivity index (χ0n) is 8.82. The summed E-state index contributed by atoms with van der Waals surface area (Å²) < 4.78 is 24.1. The number of carboxylic acid groups (broad SMARTS) is 1. The van der Waals surface area contributed by atoms with Crippen LogP contribution in [0.4, 0.5) is 14.5 Å². The maximum Gasteiger partial charge on any atom is 0.315 e. The van der Waals surface area contributed by atoms with Crippen molar-refractivity contribution in [2.24, 2.45) is 0 Å². The van der Waals surface area contributed by atoms with Crippen LogP contribution >= 0.6 is 0 Å². The first-order valence-corrected chi connectivity index (χ1v) is 4.89. The second-order valence-electron chi connectivity index (χ2n) is 3.34. The van der Waals surface area contributed by atoms with Crippen LogP contribution in [0.3, 0.4) is 0 Å². The fraction of sp³-hybridized carbons (Fsp3) is 0.273. The highest BCUT2D eigenvalue weighted by Crippen LogP contribution is 2.17. The number of para-hydroxylation sites is 1. The molecule has 0 radical (unpaired) electrons. The van der Waals surface area contributed by atoms with Gasteiger partial charge in [-0.05, 0) is 18.1 Å². The molecule has 0 saturated carbocycles. The molecule has 0 bridgehead atoms. The second-order valence-corrected chi connectivity index (χ2v) is 3.34. The lowest BCUT2D eigenvalue weighted by molar-refractivity contribution is -0.137. The highest BCUT2D eigenvalue weighted by molar-refractivity contribution is 5.93. The van der Waals surface area contributed by atoms with E-state index < -0.39 is 18.3 Å². The van der Waals surface area contributed by atoms with Gasteiger partial charge in [-0.2, -0.15) is 8.78 Å². The van der Waals surface area contributed by atoms with Crippen molar-refractivity contribution in [1.29, 1.82) is 0 Å². The fourth-order valence-corrected chi connectivity index (χ4v) is 1.29. The average Bonchev–Trinajstić information content (AvgIpc) is 2.27. The van der Waals surface area contributed by atoms with Gasteiger partial charge in [-0.25, -0.2) is 0 Å². The van der Waals surface area contributed by atoms with Crippen molar-refractivity contribution in [2.75, 3.05) is 5.32 Å². The van der Waals surface area contributed by atoms with Crippen molar-refractivity contribution >= 4 is 17.6 Å². The number of halogens is 2. The van der Waals surface area contributed by atoms with Crippen LogP contribution in [0, 0.1) is 0 Å². The first kappa shape index (κ1) is 13.1. The number of rotatable bonds is 5. The van der Waals surface area contributed by atoms with Crippen molar-refractivity contribution < 1.29 is 23.5 Å². The van der Waals surface area contributed by atoms with Gasteiger partial charge in [0.2, 0.25) is 0 Å². The van der Waals surface area contributed by atoms with Crippen LogP contribution in [-0.4, -0.2) is 23.4 Å². The van der Waals surface area contributed by atoms with Gasteiger partial charge in [0, 0.05) is 12.1 Å². The van der Waals surface area contributed by atoms with E-state index in [2.05, 4.69) is 5.32 Å². The molecule has 17 heavy (non-hydrogen) atoms. The first-order chi connectivity index (χ1) is 8.00. The molecule has 0 aliphatic carbocycles. The van der Waals surface area contributed by atoms with Crippen LogP contribution in [0.1, 0.15) is 12.0 Å². The van der Waals surface area contributed by atoms with Crippen molar-refractivity contribution in [3.05, 3.63) is 29.8 Å². The third kappa shape index (κ3) is 4.18. The second kappa shape index (κ2) is 5.93. The van der Waals surface area contributed by atoms with Gasteiger partial charge in [-0.1, -0.05) is 18.2 Å². The Labute approximate surface area is 96.3 Å². The number of benzene rings is 1. The zero-order chi connectivity index (χ0) is 12.8. The largest absolute Gasteiger partial charge is 0.481 e. The summed E-state index contributed by atoms with van der Waals surface area (Å²) in [7, 11) is 0. The minimum atomic E-state index is -3.09. The number of nitrogens with one attached hydrogen (secondary N) is 1. The molecule has 2 N–H and O–H groups in total. The number of carboxylic acids is 1. The maximum atomic E-state index is 12.1. The minimum absolute atomic E-state index is 0.123. The number of amides is 1. The van der Waals surface area contributed by atoms with Crippen LogP contribution in [0.15, 0.2) is 24.3 Å². The Morgan fingerprint density at radius 3 is 2.53 bits per heavy atom. The molecule has 0 aromatic heterocycles. The zero-order valence-corrected chi connectivity index (χ0v) is 8.82. The lowest BCUT2D eigenvalue weighted by atomic mass is 10.1. The van der Waals surface area contributed by atoms with Crippen molar-refractivity contribution in [1.82, 2.24) is 0 Å². The summed E-state index contributed by atoms with van der Waals surface area (Å²) >= 11 is 0. The summed E-state index contributed by atoms with van der Waals surface area (Å²) in [6, 6.07) is 6.27. The molecule has 0 spiro atoms. The lowest BCUT2D eigenvalue weighted by Crippen LogP contribution is -2.21.